The van der Waals surface area contributed by atoms with E-state index in [1.807, 2.05) is 0 Å². The second kappa shape index (κ2) is 3.35. The standard InChI is InChI=1S/C8H8O6S/c9-8(10)6-1-2-7(14-6)15(11,12)5-3-13-4-5/h1-2,5H,3-4H2,(H,9,10). The van der Waals surface area contributed by atoms with Crippen LogP contribution in [0.4, 0.5) is 0 Å². The fourth-order valence-electron chi connectivity index (χ4n) is 1.15. The van der Waals surface area contributed by atoms with Gasteiger partial charge in [0.05, 0.1) is 13.2 Å². The van der Waals surface area contributed by atoms with Gasteiger partial charge in [-0.15, -0.1) is 0 Å². The van der Waals surface area contributed by atoms with Crippen molar-refractivity contribution in [3.8, 4) is 0 Å². The number of carboxylic acids is 1. The van der Waals surface area contributed by atoms with Crippen molar-refractivity contribution in [1.29, 1.82) is 0 Å². The van der Waals surface area contributed by atoms with E-state index in [1.54, 1.807) is 0 Å². The number of aromatic carboxylic acids is 1. The molecule has 0 aliphatic carbocycles. The van der Waals surface area contributed by atoms with Gasteiger partial charge in [0.2, 0.25) is 20.7 Å². The van der Waals surface area contributed by atoms with Crippen molar-refractivity contribution in [2.75, 3.05) is 13.2 Å². The molecular formula is C8H8O6S. The van der Waals surface area contributed by atoms with Crippen LogP contribution in [0.25, 0.3) is 0 Å². The molecule has 0 atom stereocenters. The molecule has 1 fully saturated rings. The van der Waals surface area contributed by atoms with Crippen molar-refractivity contribution < 1.29 is 27.5 Å². The van der Waals surface area contributed by atoms with Crippen LogP contribution in [0.5, 0.6) is 0 Å². The minimum atomic E-state index is -3.57. The van der Waals surface area contributed by atoms with Gasteiger partial charge in [-0.05, 0) is 12.1 Å². The number of hydrogen-bond acceptors (Lipinski definition) is 5. The maximum Gasteiger partial charge on any atom is 0.371 e. The lowest BCUT2D eigenvalue weighted by molar-refractivity contribution is 0.0410. The van der Waals surface area contributed by atoms with E-state index < -0.39 is 21.1 Å². The van der Waals surface area contributed by atoms with Crippen molar-refractivity contribution in [3.63, 3.8) is 0 Å². The molecule has 1 aliphatic rings. The molecule has 1 aromatic heterocycles. The number of ether oxygens (including phenoxy) is 1. The van der Waals surface area contributed by atoms with Crippen molar-refractivity contribution in [1.82, 2.24) is 0 Å². The number of sulfone groups is 1. The van der Waals surface area contributed by atoms with Gasteiger partial charge in [0.25, 0.3) is 0 Å². The van der Waals surface area contributed by atoms with Crippen LogP contribution < -0.4 is 0 Å². The van der Waals surface area contributed by atoms with Crippen LogP contribution in [0.2, 0.25) is 0 Å². The summed E-state index contributed by atoms with van der Waals surface area (Å²) in [6.45, 7) is 0.261. The minimum absolute atomic E-state index is 0.130. The zero-order chi connectivity index (χ0) is 11.1. The third-order valence-electron chi connectivity index (χ3n) is 2.12. The highest BCUT2D eigenvalue weighted by molar-refractivity contribution is 7.92. The summed E-state index contributed by atoms with van der Waals surface area (Å²) in [4.78, 5) is 10.5. The number of hydrogen-bond donors (Lipinski definition) is 1. The Morgan fingerprint density at radius 1 is 1.40 bits per heavy atom. The van der Waals surface area contributed by atoms with Crippen LogP contribution in [0, 0.1) is 0 Å². The smallest absolute Gasteiger partial charge is 0.371 e. The number of carbonyl (C=O) groups is 1. The first-order chi connectivity index (χ1) is 7.01. The lowest BCUT2D eigenvalue weighted by Crippen LogP contribution is -2.40. The first kappa shape index (κ1) is 10.2. The summed E-state index contributed by atoms with van der Waals surface area (Å²) in [7, 11) is -3.57. The Morgan fingerprint density at radius 2 is 2.07 bits per heavy atom. The fraction of sp³-hybridized carbons (Fsp3) is 0.375. The van der Waals surface area contributed by atoms with E-state index in [0.717, 1.165) is 12.1 Å². The van der Waals surface area contributed by atoms with E-state index in [1.165, 1.54) is 0 Å². The van der Waals surface area contributed by atoms with Crippen molar-refractivity contribution in [3.05, 3.63) is 17.9 Å². The average Bonchev–Trinajstić information content (AvgIpc) is 2.46. The molecule has 0 aromatic carbocycles. The number of rotatable bonds is 3. The highest BCUT2D eigenvalue weighted by Crippen LogP contribution is 2.23. The lowest BCUT2D eigenvalue weighted by atomic mass is 10.4. The van der Waals surface area contributed by atoms with E-state index >= 15 is 0 Å². The van der Waals surface area contributed by atoms with Crippen LogP contribution in [0.3, 0.4) is 0 Å². The van der Waals surface area contributed by atoms with Crippen LogP contribution in [-0.4, -0.2) is 38.0 Å². The van der Waals surface area contributed by atoms with Crippen LogP contribution in [0.15, 0.2) is 21.6 Å². The Morgan fingerprint density at radius 3 is 2.47 bits per heavy atom. The molecule has 82 valence electrons. The summed E-state index contributed by atoms with van der Waals surface area (Å²) in [5, 5.41) is 7.63. The summed E-state index contributed by atoms with van der Waals surface area (Å²) in [5.41, 5.74) is 0. The van der Waals surface area contributed by atoms with Gasteiger partial charge in [-0.25, -0.2) is 13.2 Å². The minimum Gasteiger partial charge on any atom is -0.475 e. The van der Waals surface area contributed by atoms with Gasteiger partial charge < -0.3 is 14.3 Å². The SMILES string of the molecule is O=C(O)c1ccc(S(=O)(=O)C2COC2)o1. The molecule has 0 amide bonds. The van der Waals surface area contributed by atoms with Gasteiger partial charge in [0.1, 0.15) is 5.25 Å². The Labute approximate surface area is 85.4 Å². The van der Waals surface area contributed by atoms with Gasteiger partial charge in [0.15, 0.2) is 0 Å². The Hall–Kier alpha value is -1.34. The van der Waals surface area contributed by atoms with Gasteiger partial charge in [-0.1, -0.05) is 0 Å². The van der Waals surface area contributed by atoms with Gasteiger partial charge in [-0.3, -0.25) is 0 Å². The molecule has 1 aliphatic heterocycles. The van der Waals surface area contributed by atoms with Gasteiger partial charge in [-0.2, -0.15) is 0 Å². The molecule has 0 bridgehead atoms. The summed E-state index contributed by atoms with van der Waals surface area (Å²) < 4.78 is 32.9. The lowest BCUT2D eigenvalue weighted by Gasteiger charge is -2.24. The summed E-state index contributed by atoms with van der Waals surface area (Å²) >= 11 is 0. The second-order valence-corrected chi connectivity index (χ2v) is 5.29. The molecule has 2 heterocycles. The third-order valence-corrected chi connectivity index (χ3v) is 4.05. The topological polar surface area (TPSA) is 93.8 Å². The molecule has 0 unspecified atom stereocenters. The Balaban J connectivity index is 2.32. The second-order valence-electron chi connectivity index (χ2n) is 3.13. The Bertz CT molecular complexity index is 481. The monoisotopic (exact) mass is 232 g/mol. The Kier molecular flexibility index (Phi) is 2.28. The maximum atomic E-state index is 11.7. The fourth-order valence-corrected chi connectivity index (χ4v) is 2.49. The highest BCUT2D eigenvalue weighted by Gasteiger charge is 2.36. The van der Waals surface area contributed by atoms with Gasteiger partial charge in [0, 0.05) is 0 Å². The molecule has 15 heavy (non-hydrogen) atoms. The van der Waals surface area contributed by atoms with E-state index in [9.17, 15) is 13.2 Å². The zero-order valence-electron chi connectivity index (χ0n) is 7.54. The van der Waals surface area contributed by atoms with Crippen molar-refractivity contribution in [2.24, 2.45) is 0 Å². The summed E-state index contributed by atoms with van der Waals surface area (Å²) in [5.74, 6) is -1.67. The molecule has 7 heteroatoms. The van der Waals surface area contributed by atoms with E-state index in [-0.39, 0.29) is 24.1 Å². The maximum absolute atomic E-state index is 11.7. The number of carboxylic acid groups (broad SMARTS) is 1. The molecule has 2 rings (SSSR count). The van der Waals surface area contributed by atoms with Crippen LogP contribution in [-0.2, 0) is 14.6 Å². The molecule has 0 spiro atoms. The quantitative estimate of drug-likeness (QED) is 0.797. The molecule has 1 saturated heterocycles. The molecule has 1 aromatic rings. The predicted octanol–water partition coefficient (Wildman–Crippen LogP) is 0.150. The summed E-state index contributed by atoms with van der Waals surface area (Å²) in [6, 6.07) is 2.27. The summed E-state index contributed by atoms with van der Waals surface area (Å²) in [6.07, 6.45) is 0. The first-order valence-corrected chi connectivity index (χ1v) is 5.71. The van der Waals surface area contributed by atoms with Crippen LogP contribution in [0.1, 0.15) is 10.6 Å². The van der Waals surface area contributed by atoms with Crippen molar-refractivity contribution >= 4 is 15.8 Å². The predicted molar refractivity (Wildman–Crippen MR) is 47.5 cm³/mol. The van der Waals surface area contributed by atoms with E-state index in [4.69, 9.17) is 14.3 Å². The molecule has 1 N–H and O–H groups in total. The van der Waals surface area contributed by atoms with Gasteiger partial charge >= 0.3 is 5.97 Å². The molecular weight excluding hydrogens is 224 g/mol. The van der Waals surface area contributed by atoms with Crippen molar-refractivity contribution in [2.45, 2.75) is 10.3 Å². The molecule has 0 saturated carbocycles. The third kappa shape index (κ3) is 1.64. The highest BCUT2D eigenvalue weighted by atomic mass is 32.2. The zero-order valence-corrected chi connectivity index (χ0v) is 8.36. The number of furan rings is 1. The first-order valence-electron chi connectivity index (χ1n) is 4.16. The normalized spacial score (nSPS) is 17.3. The molecule has 0 radical (unpaired) electrons. The molecule has 6 nitrogen and oxygen atoms in total. The van der Waals surface area contributed by atoms with E-state index in [0.29, 0.717) is 0 Å². The van der Waals surface area contributed by atoms with Crippen LogP contribution >= 0.6 is 0 Å². The van der Waals surface area contributed by atoms with E-state index in [2.05, 4.69) is 0 Å². The average molecular weight is 232 g/mol. The largest absolute Gasteiger partial charge is 0.475 e.